The second-order valence-corrected chi connectivity index (χ2v) is 12.7. The molecule has 228 valence electrons. The monoisotopic (exact) mass is 543 g/mol. The molecule has 0 aliphatic rings. The van der Waals surface area contributed by atoms with E-state index in [9.17, 15) is 0 Å². The molecule has 0 bridgehead atoms. The van der Waals surface area contributed by atoms with Crippen molar-refractivity contribution in [3.05, 3.63) is 30.1 Å². The molecule has 1 rings (SSSR count). The van der Waals surface area contributed by atoms with Crippen LogP contribution in [-0.2, 0) is 13.0 Å². The van der Waals surface area contributed by atoms with Crippen LogP contribution in [0.15, 0.2) is 24.5 Å². The van der Waals surface area contributed by atoms with Gasteiger partial charge in [-0.25, -0.2) is 4.57 Å². The van der Waals surface area contributed by atoms with Crippen molar-refractivity contribution >= 4 is 0 Å². The van der Waals surface area contributed by atoms with Crippen LogP contribution >= 0.6 is 0 Å². The van der Waals surface area contributed by atoms with Crippen molar-refractivity contribution in [1.29, 1.82) is 0 Å². The van der Waals surface area contributed by atoms with Crippen molar-refractivity contribution in [3.8, 4) is 0 Å². The minimum absolute atomic E-state index is 1.19. The zero-order valence-corrected chi connectivity index (χ0v) is 27.2. The second kappa shape index (κ2) is 30.1. The summed E-state index contributed by atoms with van der Waals surface area (Å²) < 4.78 is 2.40. The van der Waals surface area contributed by atoms with E-state index in [1.807, 2.05) is 0 Å². The average Bonchev–Trinajstić information content (AvgIpc) is 2.96. The van der Waals surface area contributed by atoms with Crippen molar-refractivity contribution in [2.45, 2.75) is 213 Å². The van der Waals surface area contributed by atoms with Crippen LogP contribution in [0.3, 0.4) is 0 Å². The van der Waals surface area contributed by atoms with Gasteiger partial charge in [-0.3, -0.25) is 0 Å². The van der Waals surface area contributed by atoms with Crippen LogP contribution in [0.4, 0.5) is 0 Å². The van der Waals surface area contributed by atoms with Crippen LogP contribution in [-0.4, -0.2) is 0 Å². The SMILES string of the molecule is CCCCCCCCCCCCCCCCCCC[n+]1ccc(CCCCCCCCCCCCCC)cc1. The molecule has 0 atom stereocenters. The van der Waals surface area contributed by atoms with Gasteiger partial charge in [0.25, 0.3) is 0 Å². The summed E-state index contributed by atoms with van der Waals surface area (Å²) in [6.45, 7) is 5.80. The highest BCUT2D eigenvalue weighted by Crippen LogP contribution is 2.15. The van der Waals surface area contributed by atoms with Crippen LogP contribution in [0.1, 0.15) is 206 Å². The second-order valence-electron chi connectivity index (χ2n) is 12.7. The third-order valence-electron chi connectivity index (χ3n) is 8.80. The summed E-state index contributed by atoms with van der Waals surface area (Å²) in [5, 5.41) is 0. The number of aryl methyl sites for hydroxylation is 2. The van der Waals surface area contributed by atoms with Crippen molar-refractivity contribution in [2.24, 2.45) is 0 Å². The third-order valence-corrected chi connectivity index (χ3v) is 8.80. The zero-order valence-electron chi connectivity index (χ0n) is 27.2. The van der Waals surface area contributed by atoms with E-state index in [0.717, 1.165) is 0 Å². The van der Waals surface area contributed by atoms with E-state index in [4.69, 9.17) is 0 Å². The average molecular weight is 543 g/mol. The summed E-state index contributed by atoms with van der Waals surface area (Å²) in [6, 6.07) is 4.73. The van der Waals surface area contributed by atoms with Crippen molar-refractivity contribution < 1.29 is 4.57 Å². The number of pyridine rings is 1. The van der Waals surface area contributed by atoms with E-state index in [1.165, 1.54) is 205 Å². The number of unbranched alkanes of at least 4 members (excludes halogenated alkanes) is 27. The smallest absolute Gasteiger partial charge is 0.169 e. The maximum atomic E-state index is 2.40. The molecule has 0 aromatic carbocycles. The van der Waals surface area contributed by atoms with Gasteiger partial charge in [-0.1, -0.05) is 181 Å². The number of hydrogen-bond acceptors (Lipinski definition) is 0. The predicted octanol–water partition coefficient (Wildman–Crippen LogP) is 12.9. The Labute approximate surface area is 247 Å². The molecule has 0 saturated carbocycles. The molecule has 0 fully saturated rings. The fraction of sp³-hybridized carbons (Fsp3) is 0.868. The highest BCUT2D eigenvalue weighted by Gasteiger charge is 2.02. The lowest BCUT2D eigenvalue weighted by atomic mass is 10.0. The zero-order chi connectivity index (χ0) is 27.9. The molecule has 0 aliphatic heterocycles. The van der Waals surface area contributed by atoms with Crippen LogP contribution in [0.25, 0.3) is 0 Å². The first kappa shape index (κ1) is 36.2. The van der Waals surface area contributed by atoms with Crippen molar-refractivity contribution in [3.63, 3.8) is 0 Å². The quantitative estimate of drug-likeness (QED) is 0.0648. The maximum absolute atomic E-state index is 2.40. The molecule has 0 unspecified atom stereocenters. The van der Waals surface area contributed by atoms with Crippen molar-refractivity contribution in [1.82, 2.24) is 0 Å². The van der Waals surface area contributed by atoms with Gasteiger partial charge < -0.3 is 0 Å². The van der Waals surface area contributed by atoms with E-state index in [0.29, 0.717) is 0 Å². The summed E-state index contributed by atoms with van der Waals surface area (Å²) in [5.74, 6) is 0. The highest BCUT2D eigenvalue weighted by atomic mass is 14.9. The van der Waals surface area contributed by atoms with E-state index < -0.39 is 0 Å². The molecule has 1 aromatic heterocycles. The van der Waals surface area contributed by atoms with Gasteiger partial charge in [0, 0.05) is 18.6 Å². The Morgan fingerprint density at radius 1 is 0.359 bits per heavy atom. The molecule has 0 N–H and O–H groups in total. The Hall–Kier alpha value is -0.850. The molecule has 0 radical (unpaired) electrons. The molecular formula is C38H72N+. The lowest BCUT2D eigenvalue weighted by Crippen LogP contribution is -2.32. The molecule has 1 heterocycles. The van der Waals surface area contributed by atoms with E-state index >= 15 is 0 Å². The minimum atomic E-state index is 1.19. The van der Waals surface area contributed by atoms with Gasteiger partial charge >= 0.3 is 0 Å². The highest BCUT2D eigenvalue weighted by molar-refractivity contribution is 5.07. The lowest BCUT2D eigenvalue weighted by molar-refractivity contribution is -0.697. The van der Waals surface area contributed by atoms with Gasteiger partial charge in [-0.15, -0.1) is 0 Å². The Morgan fingerprint density at radius 2 is 0.641 bits per heavy atom. The van der Waals surface area contributed by atoms with Crippen LogP contribution in [0.2, 0.25) is 0 Å². The molecule has 39 heavy (non-hydrogen) atoms. The molecular weight excluding hydrogens is 470 g/mol. The van der Waals surface area contributed by atoms with Gasteiger partial charge in [-0.2, -0.15) is 0 Å². The fourth-order valence-corrected chi connectivity index (χ4v) is 5.99. The van der Waals surface area contributed by atoms with Gasteiger partial charge in [0.15, 0.2) is 12.4 Å². The Bertz CT molecular complexity index is 577. The first-order valence-electron chi connectivity index (χ1n) is 18.3. The topological polar surface area (TPSA) is 3.88 Å². The Balaban J connectivity index is 1.82. The number of hydrogen-bond donors (Lipinski definition) is 0. The molecule has 0 amide bonds. The summed E-state index contributed by atoms with van der Waals surface area (Å²) in [7, 11) is 0. The van der Waals surface area contributed by atoms with E-state index in [-0.39, 0.29) is 0 Å². The van der Waals surface area contributed by atoms with Crippen molar-refractivity contribution in [2.75, 3.05) is 0 Å². The summed E-state index contributed by atoms with van der Waals surface area (Å²) in [6.07, 6.45) is 47.7. The predicted molar refractivity (Wildman–Crippen MR) is 176 cm³/mol. The number of aromatic nitrogens is 1. The molecule has 0 saturated heterocycles. The summed E-state index contributed by atoms with van der Waals surface area (Å²) in [5.41, 5.74) is 1.53. The third kappa shape index (κ3) is 25.8. The molecule has 0 aliphatic carbocycles. The summed E-state index contributed by atoms with van der Waals surface area (Å²) >= 11 is 0. The van der Waals surface area contributed by atoms with Crippen LogP contribution in [0, 0.1) is 0 Å². The minimum Gasteiger partial charge on any atom is -0.205 e. The largest absolute Gasteiger partial charge is 0.205 e. The maximum Gasteiger partial charge on any atom is 0.169 e. The lowest BCUT2D eigenvalue weighted by Gasteiger charge is -2.04. The molecule has 1 aromatic rings. The van der Waals surface area contributed by atoms with E-state index in [2.05, 4.69) is 42.9 Å². The fourth-order valence-electron chi connectivity index (χ4n) is 5.99. The van der Waals surface area contributed by atoms with Gasteiger partial charge in [-0.05, 0) is 24.8 Å². The number of rotatable bonds is 31. The van der Waals surface area contributed by atoms with Crippen LogP contribution in [0.5, 0.6) is 0 Å². The molecule has 1 heteroatoms. The molecule has 0 spiro atoms. The Kier molecular flexibility index (Phi) is 27.9. The Morgan fingerprint density at radius 3 is 0.974 bits per heavy atom. The molecule has 1 nitrogen and oxygen atoms in total. The standard InChI is InChI=1S/C38H72N/c1-3-5-7-9-11-13-15-17-18-19-20-21-23-25-27-29-31-35-39-36-33-38(34-37-39)32-30-28-26-24-22-16-14-12-10-8-6-4-2/h33-34,36-37H,3-32,35H2,1-2H3/q+1. The van der Waals surface area contributed by atoms with Gasteiger partial charge in [0.2, 0.25) is 0 Å². The normalized spacial score (nSPS) is 11.4. The first-order valence-corrected chi connectivity index (χ1v) is 18.3. The first-order chi connectivity index (χ1) is 19.4. The van der Waals surface area contributed by atoms with Gasteiger partial charge in [0.05, 0.1) is 0 Å². The van der Waals surface area contributed by atoms with Gasteiger partial charge in [0.1, 0.15) is 6.54 Å². The van der Waals surface area contributed by atoms with E-state index in [1.54, 1.807) is 0 Å². The number of nitrogens with zero attached hydrogens (tertiary/aromatic N) is 1. The summed E-state index contributed by atoms with van der Waals surface area (Å²) in [4.78, 5) is 0. The van der Waals surface area contributed by atoms with Crippen LogP contribution < -0.4 is 4.57 Å².